The van der Waals surface area contributed by atoms with E-state index >= 15 is 0 Å². The van der Waals surface area contributed by atoms with E-state index in [9.17, 15) is 0 Å². The van der Waals surface area contributed by atoms with E-state index in [-0.39, 0.29) is 0 Å². The first kappa shape index (κ1) is 4.44. The molecule has 1 radical (unpaired) electrons. The Hall–Kier alpha value is -0.720. The van der Waals surface area contributed by atoms with E-state index < -0.39 is 0 Å². The zero-order chi connectivity index (χ0) is 5.11. The molecule has 0 amide bonds. The normalized spacial score (nSPS) is 9.29. The van der Waals surface area contributed by atoms with Gasteiger partial charge in [-0.3, -0.25) is 0 Å². The van der Waals surface area contributed by atoms with Gasteiger partial charge in [-0.15, -0.1) is 0 Å². The highest BCUT2D eigenvalue weighted by Gasteiger charge is 1.76. The van der Waals surface area contributed by atoms with Crippen LogP contribution in [0.5, 0.6) is 0 Å². The van der Waals surface area contributed by atoms with E-state index in [0.717, 1.165) is 0 Å². The standard InChI is InChI=1S/C6H8N/c1-2-7-5-3-4-6-7/h2-6H,1H3. The fraction of sp³-hybridized carbons (Fsp3) is 0.167. The van der Waals surface area contributed by atoms with Crippen molar-refractivity contribution in [1.29, 1.82) is 0 Å². The maximum atomic E-state index is 2.00. The minimum absolute atomic E-state index is 2.00. The molecule has 7 heavy (non-hydrogen) atoms. The van der Waals surface area contributed by atoms with Gasteiger partial charge in [0.05, 0.1) is 6.54 Å². The van der Waals surface area contributed by atoms with E-state index in [1.54, 1.807) is 0 Å². The predicted octanol–water partition coefficient (Wildman–Crippen LogP) is 1.52. The quantitative estimate of drug-likeness (QED) is 0.497. The summed E-state index contributed by atoms with van der Waals surface area (Å²) in [6.07, 6.45) is 4.00. The average Bonchev–Trinajstić information content (AvgIpc) is 2.14. The van der Waals surface area contributed by atoms with Crippen LogP contribution < -0.4 is 0 Å². The lowest BCUT2D eigenvalue weighted by atomic mass is 10.7. The molecule has 1 heteroatoms. The number of hydrogen-bond acceptors (Lipinski definition) is 0. The zero-order valence-electron chi connectivity index (χ0n) is 4.33. The summed E-state index contributed by atoms with van der Waals surface area (Å²) in [5, 5.41) is 0. The lowest BCUT2D eigenvalue weighted by Gasteiger charge is -1.88. The molecule has 0 atom stereocenters. The van der Waals surface area contributed by atoms with Gasteiger partial charge in [-0.05, 0) is 19.1 Å². The summed E-state index contributed by atoms with van der Waals surface area (Å²) in [5.41, 5.74) is 0. The molecule has 1 heterocycles. The fourth-order valence-electron chi connectivity index (χ4n) is 0.520. The maximum Gasteiger partial charge on any atom is 0.0507 e. The molecule has 37 valence electrons. The first-order chi connectivity index (χ1) is 3.43. The molecule has 0 saturated carbocycles. The Morgan fingerprint density at radius 2 is 1.86 bits per heavy atom. The molecular weight excluding hydrogens is 86.1 g/mol. The highest BCUT2D eigenvalue weighted by Crippen LogP contribution is 1.88. The summed E-state index contributed by atoms with van der Waals surface area (Å²) in [5.74, 6) is 0. The Bertz CT molecular complexity index is 119. The van der Waals surface area contributed by atoms with Crippen LogP contribution in [0, 0.1) is 6.54 Å². The van der Waals surface area contributed by atoms with Crippen LogP contribution in [-0.2, 0) is 0 Å². The third-order valence-electron chi connectivity index (χ3n) is 0.926. The molecule has 0 saturated heterocycles. The number of hydrogen-bond donors (Lipinski definition) is 0. The molecule has 1 rings (SSSR count). The van der Waals surface area contributed by atoms with E-state index in [1.807, 2.05) is 42.6 Å². The van der Waals surface area contributed by atoms with Crippen molar-refractivity contribution in [2.24, 2.45) is 0 Å². The Morgan fingerprint density at radius 3 is 2.14 bits per heavy atom. The summed E-state index contributed by atoms with van der Waals surface area (Å²) in [6.45, 7) is 4.00. The van der Waals surface area contributed by atoms with Crippen LogP contribution in [0.1, 0.15) is 6.92 Å². The van der Waals surface area contributed by atoms with Gasteiger partial charge < -0.3 is 4.57 Å². The van der Waals surface area contributed by atoms with Crippen molar-refractivity contribution in [3.63, 3.8) is 0 Å². The average molecular weight is 94.1 g/mol. The van der Waals surface area contributed by atoms with Crippen molar-refractivity contribution in [2.45, 2.75) is 6.92 Å². The van der Waals surface area contributed by atoms with Crippen molar-refractivity contribution in [3.05, 3.63) is 31.1 Å². The molecule has 0 aliphatic carbocycles. The molecule has 0 aliphatic heterocycles. The topological polar surface area (TPSA) is 4.93 Å². The number of nitrogens with zero attached hydrogens (tertiary/aromatic N) is 1. The minimum Gasteiger partial charge on any atom is -0.349 e. The smallest absolute Gasteiger partial charge is 0.0507 e. The van der Waals surface area contributed by atoms with Crippen molar-refractivity contribution in [1.82, 2.24) is 4.57 Å². The second-order valence-corrected chi connectivity index (χ2v) is 1.39. The molecule has 0 N–H and O–H groups in total. The molecule has 0 fully saturated rings. The molecule has 0 unspecified atom stereocenters. The third-order valence-corrected chi connectivity index (χ3v) is 0.926. The monoisotopic (exact) mass is 94.1 g/mol. The van der Waals surface area contributed by atoms with Gasteiger partial charge in [0, 0.05) is 12.4 Å². The molecular formula is C6H8N. The molecule has 0 spiro atoms. The van der Waals surface area contributed by atoms with Gasteiger partial charge in [-0.1, -0.05) is 0 Å². The van der Waals surface area contributed by atoms with Gasteiger partial charge in [-0.25, -0.2) is 0 Å². The Balaban J connectivity index is 2.76. The van der Waals surface area contributed by atoms with E-state index in [4.69, 9.17) is 0 Å². The summed E-state index contributed by atoms with van der Waals surface area (Å²) in [6, 6.07) is 4.00. The van der Waals surface area contributed by atoms with Gasteiger partial charge in [0.25, 0.3) is 0 Å². The predicted molar refractivity (Wildman–Crippen MR) is 29.8 cm³/mol. The maximum absolute atomic E-state index is 2.00. The van der Waals surface area contributed by atoms with Crippen molar-refractivity contribution < 1.29 is 0 Å². The molecule has 0 aromatic carbocycles. The lowest BCUT2D eigenvalue weighted by molar-refractivity contribution is 0.971. The second-order valence-electron chi connectivity index (χ2n) is 1.39. The van der Waals surface area contributed by atoms with Gasteiger partial charge in [0.2, 0.25) is 0 Å². The van der Waals surface area contributed by atoms with Crippen LogP contribution in [0.3, 0.4) is 0 Å². The molecule has 1 aromatic rings. The van der Waals surface area contributed by atoms with Crippen LogP contribution >= 0.6 is 0 Å². The molecule has 0 bridgehead atoms. The highest BCUT2D eigenvalue weighted by molar-refractivity contribution is 4.93. The van der Waals surface area contributed by atoms with Crippen LogP contribution in [-0.4, -0.2) is 4.57 Å². The van der Waals surface area contributed by atoms with Crippen molar-refractivity contribution in [2.75, 3.05) is 0 Å². The Morgan fingerprint density at radius 1 is 1.29 bits per heavy atom. The Labute approximate surface area is 43.6 Å². The fourth-order valence-corrected chi connectivity index (χ4v) is 0.520. The first-order valence-electron chi connectivity index (χ1n) is 2.35. The Kier molecular flexibility index (Phi) is 1.16. The van der Waals surface area contributed by atoms with Crippen LogP contribution in [0.4, 0.5) is 0 Å². The van der Waals surface area contributed by atoms with E-state index in [2.05, 4.69) is 0 Å². The van der Waals surface area contributed by atoms with Crippen LogP contribution in [0.15, 0.2) is 24.5 Å². The summed E-state index contributed by atoms with van der Waals surface area (Å²) in [4.78, 5) is 0. The second kappa shape index (κ2) is 1.82. The molecule has 0 aliphatic rings. The number of rotatable bonds is 1. The molecule has 1 nitrogen and oxygen atoms in total. The number of aromatic nitrogens is 1. The van der Waals surface area contributed by atoms with Gasteiger partial charge in [0.15, 0.2) is 0 Å². The SMILES string of the molecule is C[CH]n1cccc1. The summed E-state index contributed by atoms with van der Waals surface area (Å²) < 4.78 is 2.00. The van der Waals surface area contributed by atoms with Crippen LogP contribution in [0.25, 0.3) is 0 Å². The highest BCUT2D eigenvalue weighted by atomic mass is 14.9. The van der Waals surface area contributed by atoms with Crippen molar-refractivity contribution in [3.8, 4) is 0 Å². The van der Waals surface area contributed by atoms with Crippen LogP contribution in [0.2, 0.25) is 0 Å². The van der Waals surface area contributed by atoms with E-state index in [0.29, 0.717) is 0 Å². The zero-order valence-corrected chi connectivity index (χ0v) is 4.33. The van der Waals surface area contributed by atoms with Gasteiger partial charge in [0.1, 0.15) is 0 Å². The van der Waals surface area contributed by atoms with Crippen molar-refractivity contribution >= 4 is 0 Å². The first-order valence-corrected chi connectivity index (χ1v) is 2.35. The molecule has 1 aromatic heterocycles. The van der Waals surface area contributed by atoms with Gasteiger partial charge in [-0.2, -0.15) is 0 Å². The van der Waals surface area contributed by atoms with E-state index in [1.165, 1.54) is 0 Å². The van der Waals surface area contributed by atoms with Gasteiger partial charge >= 0.3 is 0 Å². The summed E-state index contributed by atoms with van der Waals surface area (Å²) >= 11 is 0. The third kappa shape index (κ3) is 0.829. The largest absolute Gasteiger partial charge is 0.349 e. The lowest BCUT2D eigenvalue weighted by Crippen LogP contribution is -1.81. The summed E-state index contributed by atoms with van der Waals surface area (Å²) in [7, 11) is 0. The minimum atomic E-state index is 2.00.